The summed E-state index contributed by atoms with van der Waals surface area (Å²) in [5.41, 5.74) is 0.316. The summed E-state index contributed by atoms with van der Waals surface area (Å²) in [7, 11) is -0.347. The van der Waals surface area contributed by atoms with Gasteiger partial charge in [-0.1, -0.05) is 0 Å². The monoisotopic (exact) mass is 314 g/mol. The van der Waals surface area contributed by atoms with Crippen molar-refractivity contribution in [1.29, 1.82) is 0 Å². The van der Waals surface area contributed by atoms with Crippen LogP contribution in [0.15, 0.2) is 29.2 Å². The molecule has 0 bridgehead atoms. The third-order valence-corrected chi connectivity index (χ3v) is 4.70. The summed E-state index contributed by atoms with van der Waals surface area (Å²) in [4.78, 5) is 13.5. The maximum Gasteiger partial charge on any atom is 0.337 e. The maximum absolute atomic E-state index is 12.1. The molecule has 0 aromatic heterocycles. The number of benzene rings is 1. The number of carbonyl (C=O) groups excluding carboxylic acids is 1. The zero-order valence-electron chi connectivity index (χ0n) is 12.8. The van der Waals surface area contributed by atoms with Gasteiger partial charge in [-0.05, 0) is 45.2 Å². The molecule has 0 aliphatic heterocycles. The second-order valence-electron chi connectivity index (χ2n) is 4.99. The van der Waals surface area contributed by atoms with Crippen molar-refractivity contribution < 1.29 is 17.9 Å². The standard InChI is InChI=1S/C14H22N2O4S/c1-11(2)16(3)10-9-15-21(18,19)13-7-5-12(6-8-13)14(17)20-4/h5-8,11,15H,9-10H2,1-4H3. The third-order valence-electron chi connectivity index (χ3n) is 3.22. The van der Waals surface area contributed by atoms with Gasteiger partial charge in [-0.15, -0.1) is 0 Å². The molecule has 21 heavy (non-hydrogen) atoms. The quantitative estimate of drug-likeness (QED) is 0.763. The van der Waals surface area contributed by atoms with E-state index in [1.807, 2.05) is 25.8 Å². The van der Waals surface area contributed by atoms with E-state index in [2.05, 4.69) is 9.46 Å². The number of hydrogen-bond donors (Lipinski definition) is 1. The molecule has 0 atom stereocenters. The average molecular weight is 314 g/mol. The Hall–Kier alpha value is -1.44. The molecule has 0 saturated carbocycles. The van der Waals surface area contributed by atoms with Crippen LogP contribution >= 0.6 is 0 Å². The molecule has 0 radical (unpaired) electrons. The number of hydrogen-bond acceptors (Lipinski definition) is 5. The number of methoxy groups -OCH3 is 1. The second-order valence-corrected chi connectivity index (χ2v) is 6.76. The Kier molecular flexibility index (Phi) is 6.32. The minimum absolute atomic E-state index is 0.127. The normalized spacial score (nSPS) is 11.9. The summed E-state index contributed by atoms with van der Waals surface area (Å²) in [5, 5.41) is 0. The van der Waals surface area contributed by atoms with Gasteiger partial charge < -0.3 is 9.64 Å². The fourth-order valence-corrected chi connectivity index (χ4v) is 2.61. The predicted molar refractivity (Wildman–Crippen MR) is 80.7 cm³/mol. The average Bonchev–Trinajstić information content (AvgIpc) is 2.46. The van der Waals surface area contributed by atoms with Gasteiger partial charge in [0.1, 0.15) is 0 Å². The van der Waals surface area contributed by atoms with Crippen LogP contribution in [-0.4, -0.2) is 52.6 Å². The van der Waals surface area contributed by atoms with Gasteiger partial charge in [0.05, 0.1) is 17.6 Å². The molecule has 1 aromatic carbocycles. The van der Waals surface area contributed by atoms with Gasteiger partial charge in [-0.2, -0.15) is 0 Å². The Balaban J connectivity index is 2.68. The highest BCUT2D eigenvalue weighted by atomic mass is 32.2. The number of ether oxygens (including phenoxy) is 1. The number of esters is 1. The molecule has 0 spiro atoms. The second kappa shape index (κ2) is 7.53. The highest BCUT2D eigenvalue weighted by Crippen LogP contribution is 2.11. The Bertz CT molecular complexity index is 567. The molecule has 7 heteroatoms. The van der Waals surface area contributed by atoms with Gasteiger partial charge in [0.2, 0.25) is 10.0 Å². The summed E-state index contributed by atoms with van der Waals surface area (Å²) in [5.74, 6) is -0.495. The number of likely N-dealkylation sites (N-methyl/N-ethyl adjacent to an activating group) is 1. The lowest BCUT2D eigenvalue weighted by Gasteiger charge is -2.20. The largest absolute Gasteiger partial charge is 0.465 e. The minimum Gasteiger partial charge on any atom is -0.465 e. The summed E-state index contributed by atoms with van der Waals surface area (Å²) in [6.45, 7) is 5.03. The maximum atomic E-state index is 12.1. The topological polar surface area (TPSA) is 75.7 Å². The van der Waals surface area contributed by atoms with Crippen LogP contribution in [0.2, 0.25) is 0 Å². The van der Waals surface area contributed by atoms with E-state index >= 15 is 0 Å². The van der Waals surface area contributed by atoms with Gasteiger partial charge in [-0.3, -0.25) is 0 Å². The molecule has 0 aliphatic rings. The first-order chi connectivity index (χ1) is 9.77. The summed E-state index contributed by atoms with van der Waals surface area (Å²) >= 11 is 0. The molecule has 0 heterocycles. The van der Waals surface area contributed by atoms with E-state index in [0.29, 0.717) is 24.7 Å². The molecule has 0 unspecified atom stereocenters. The van der Waals surface area contributed by atoms with E-state index in [9.17, 15) is 13.2 Å². The Morgan fingerprint density at radius 1 is 1.29 bits per heavy atom. The predicted octanol–water partition coefficient (Wildman–Crippen LogP) is 1.09. The molecule has 1 aromatic rings. The van der Waals surface area contributed by atoms with Crippen molar-refractivity contribution in [3.63, 3.8) is 0 Å². The Morgan fingerprint density at radius 2 is 1.86 bits per heavy atom. The lowest BCUT2D eigenvalue weighted by atomic mass is 10.2. The van der Waals surface area contributed by atoms with Crippen molar-refractivity contribution >= 4 is 16.0 Å². The van der Waals surface area contributed by atoms with Crippen LogP contribution in [0.25, 0.3) is 0 Å². The van der Waals surface area contributed by atoms with Crippen LogP contribution in [0.5, 0.6) is 0 Å². The molecule has 1 N–H and O–H groups in total. The lowest BCUT2D eigenvalue weighted by Crippen LogP contribution is -2.36. The summed E-state index contributed by atoms with van der Waals surface area (Å²) in [6, 6.07) is 6.00. The number of sulfonamides is 1. The molecular formula is C14H22N2O4S. The summed E-state index contributed by atoms with van der Waals surface area (Å²) in [6.07, 6.45) is 0. The van der Waals surface area contributed by atoms with E-state index in [1.165, 1.54) is 31.4 Å². The molecule has 0 saturated heterocycles. The fourth-order valence-electron chi connectivity index (χ4n) is 1.59. The third kappa shape index (κ3) is 5.11. The highest BCUT2D eigenvalue weighted by molar-refractivity contribution is 7.89. The molecular weight excluding hydrogens is 292 g/mol. The lowest BCUT2D eigenvalue weighted by molar-refractivity contribution is 0.0600. The van der Waals surface area contributed by atoms with Crippen LogP contribution in [0.4, 0.5) is 0 Å². The van der Waals surface area contributed by atoms with E-state index in [4.69, 9.17) is 0 Å². The first kappa shape index (κ1) is 17.6. The Morgan fingerprint density at radius 3 is 2.33 bits per heavy atom. The zero-order chi connectivity index (χ0) is 16.0. The molecule has 1 rings (SSSR count). The van der Waals surface area contributed by atoms with Crippen molar-refractivity contribution in [3.8, 4) is 0 Å². The molecule has 118 valence electrons. The van der Waals surface area contributed by atoms with Crippen molar-refractivity contribution in [2.24, 2.45) is 0 Å². The van der Waals surface area contributed by atoms with Gasteiger partial charge in [0.15, 0.2) is 0 Å². The number of rotatable bonds is 7. The molecule has 0 amide bonds. The number of nitrogens with one attached hydrogen (secondary N) is 1. The van der Waals surface area contributed by atoms with Gasteiger partial charge in [0, 0.05) is 19.1 Å². The fraction of sp³-hybridized carbons (Fsp3) is 0.500. The van der Waals surface area contributed by atoms with Crippen molar-refractivity contribution in [1.82, 2.24) is 9.62 Å². The van der Waals surface area contributed by atoms with Crippen molar-refractivity contribution in [2.75, 3.05) is 27.2 Å². The van der Waals surface area contributed by atoms with Gasteiger partial charge >= 0.3 is 5.97 Å². The van der Waals surface area contributed by atoms with Gasteiger partial charge in [0.25, 0.3) is 0 Å². The zero-order valence-corrected chi connectivity index (χ0v) is 13.6. The SMILES string of the molecule is COC(=O)c1ccc(S(=O)(=O)NCCN(C)C(C)C)cc1. The van der Waals surface area contributed by atoms with Crippen molar-refractivity contribution in [2.45, 2.75) is 24.8 Å². The van der Waals surface area contributed by atoms with Crippen LogP contribution in [0.3, 0.4) is 0 Å². The van der Waals surface area contributed by atoms with Crippen LogP contribution in [0, 0.1) is 0 Å². The summed E-state index contributed by atoms with van der Waals surface area (Å²) < 4.78 is 31.3. The first-order valence-electron chi connectivity index (χ1n) is 6.66. The Labute approximate surface area is 126 Å². The van der Waals surface area contributed by atoms with Gasteiger partial charge in [-0.25, -0.2) is 17.9 Å². The molecule has 0 fully saturated rings. The van der Waals surface area contributed by atoms with E-state index < -0.39 is 16.0 Å². The number of nitrogens with zero attached hydrogens (tertiary/aromatic N) is 1. The first-order valence-corrected chi connectivity index (χ1v) is 8.14. The minimum atomic E-state index is -3.56. The number of carbonyl (C=O) groups is 1. The van der Waals surface area contributed by atoms with Crippen LogP contribution in [0.1, 0.15) is 24.2 Å². The van der Waals surface area contributed by atoms with E-state index in [0.717, 1.165) is 0 Å². The van der Waals surface area contributed by atoms with Crippen molar-refractivity contribution in [3.05, 3.63) is 29.8 Å². The molecule has 0 aliphatic carbocycles. The van der Waals surface area contributed by atoms with E-state index in [-0.39, 0.29) is 4.90 Å². The van der Waals surface area contributed by atoms with Crippen LogP contribution in [-0.2, 0) is 14.8 Å². The smallest absolute Gasteiger partial charge is 0.337 e. The molecule has 6 nitrogen and oxygen atoms in total. The van der Waals surface area contributed by atoms with Crippen LogP contribution < -0.4 is 4.72 Å². The highest BCUT2D eigenvalue weighted by Gasteiger charge is 2.15. The van der Waals surface area contributed by atoms with E-state index in [1.54, 1.807) is 0 Å².